The molecular formula is C81H98N24O12. The normalized spacial score (nSPS) is 11.4. The molecule has 0 atom stereocenters. The first-order valence-corrected chi connectivity index (χ1v) is 37.2. The van der Waals surface area contributed by atoms with Crippen molar-refractivity contribution in [1.29, 1.82) is 0 Å². The van der Waals surface area contributed by atoms with E-state index in [4.69, 9.17) is 62.2 Å². The number of carbonyl (C=O) groups excluding carboxylic acids is 6. The highest BCUT2D eigenvalue weighted by atomic mass is 16.6. The Hall–Kier alpha value is -14.0. The number of benzene rings is 6. The molecule has 6 aromatic carbocycles. The van der Waals surface area contributed by atoms with E-state index >= 15 is 0 Å². The second kappa shape index (κ2) is 53.9. The van der Waals surface area contributed by atoms with Gasteiger partial charge in [-0.25, -0.2) is 0 Å². The average molecular weight is 1600 g/mol. The van der Waals surface area contributed by atoms with Gasteiger partial charge in [-0.1, -0.05) is 175 Å². The van der Waals surface area contributed by atoms with Gasteiger partial charge in [0.25, 0.3) is 0 Å². The van der Waals surface area contributed by atoms with Crippen molar-refractivity contribution >= 4 is 69.7 Å². The fraction of sp³-hybridized carbons (Fsp3) is 0.407. The van der Waals surface area contributed by atoms with Crippen LogP contribution in [0.15, 0.2) is 171 Å². The summed E-state index contributed by atoms with van der Waals surface area (Å²) in [5.74, 6) is -2.64. The van der Waals surface area contributed by atoms with Gasteiger partial charge in [-0.2, -0.15) is 0 Å². The summed E-state index contributed by atoms with van der Waals surface area (Å²) in [6, 6.07) is 31.9. The molecule has 6 amide bonds. The van der Waals surface area contributed by atoms with Crippen LogP contribution in [0.1, 0.15) is 283 Å². The molecule has 0 bridgehead atoms. The molecule has 0 unspecified atom stereocenters. The molecule has 2 fully saturated rings. The van der Waals surface area contributed by atoms with Gasteiger partial charge in [-0.15, -0.1) is 0 Å². The number of oxime groups is 6. The van der Waals surface area contributed by atoms with Gasteiger partial charge in [0.15, 0.2) is 0 Å². The SMILES string of the molecule is CC(C)=NOCc1c(C(=O)N=[N+]=[N-])cccc1C1CC1.CC(C)=NOCc1c(C)cccc1C(=O)N=[N+]=[N-].CCC(C)=NOCc1c(C(=O)N=[N+]=[N-])cccc1C1CC1.CCC(C)=NOCc1c(C)cccc1C(=O)N=[N+]=[N-].CCC(C)=NOCc1c(CC)cccc1C(=O)N=[N+]=[N-].CCc1cccc(C(=O)N=[N+]=[N-])c1CON=C(C)C. The minimum atomic E-state index is -0.614. The molecule has 2 aliphatic rings. The largest absolute Gasteiger partial charge is 0.391 e. The van der Waals surface area contributed by atoms with Crippen molar-refractivity contribution < 1.29 is 57.8 Å². The molecular weight excluding hydrogens is 1500 g/mol. The first kappa shape index (κ1) is 97.2. The third-order valence-electron chi connectivity index (χ3n) is 17.0. The quantitative estimate of drug-likeness (QED) is 0.0129. The zero-order valence-electron chi connectivity index (χ0n) is 68.8. The Bertz CT molecular complexity index is 4970. The maximum absolute atomic E-state index is 11.9. The van der Waals surface area contributed by atoms with Crippen LogP contribution in [-0.2, 0) is 81.5 Å². The third-order valence-corrected chi connectivity index (χ3v) is 17.0. The van der Waals surface area contributed by atoms with Crippen LogP contribution in [0.3, 0.4) is 0 Å². The van der Waals surface area contributed by atoms with Crippen molar-refractivity contribution in [3.8, 4) is 0 Å². The number of rotatable bonds is 31. The highest BCUT2D eigenvalue weighted by Gasteiger charge is 2.30. The van der Waals surface area contributed by atoms with E-state index in [1.165, 1.54) is 0 Å². The van der Waals surface area contributed by atoms with Crippen LogP contribution in [0, 0.1) is 13.8 Å². The molecule has 0 aromatic heterocycles. The van der Waals surface area contributed by atoms with Crippen molar-refractivity contribution in [2.75, 3.05) is 0 Å². The lowest BCUT2D eigenvalue weighted by Crippen LogP contribution is -2.05. The van der Waals surface area contributed by atoms with E-state index in [2.05, 4.69) is 91.1 Å². The van der Waals surface area contributed by atoms with Gasteiger partial charge < -0.3 is 29.0 Å². The topological polar surface area (TPSA) is 525 Å². The summed E-state index contributed by atoms with van der Waals surface area (Å²) < 4.78 is 0. The van der Waals surface area contributed by atoms with Gasteiger partial charge >= 0.3 is 0 Å². The number of amides is 6. The van der Waals surface area contributed by atoms with Crippen molar-refractivity contribution in [3.05, 3.63) is 272 Å². The Kier molecular flexibility index (Phi) is 44.8. The van der Waals surface area contributed by atoms with Crippen molar-refractivity contribution in [1.82, 2.24) is 0 Å². The summed E-state index contributed by atoms with van der Waals surface area (Å²) in [4.78, 5) is 117. The molecule has 8 rings (SSSR count). The molecule has 614 valence electrons. The lowest BCUT2D eigenvalue weighted by Gasteiger charge is -2.12. The number of azide groups is 6. The predicted molar refractivity (Wildman–Crippen MR) is 447 cm³/mol. The summed E-state index contributed by atoms with van der Waals surface area (Å²) in [6.45, 7) is 31.3. The zero-order valence-corrected chi connectivity index (χ0v) is 68.8. The van der Waals surface area contributed by atoms with E-state index in [0.29, 0.717) is 61.9 Å². The smallest absolute Gasteiger partial charge is 0.249 e. The zero-order chi connectivity index (χ0) is 86.8. The lowest BCUT2D eigenvalue weighted by molar-refractivity contribution is 0.0980. The number of carbonyl (C=O) groups is 6. The van der Waals surface area contributed by atoms with Gasteiger partial charge in [-0.05, 0) is 243 Å². The van der Waals surface area contributed by atoms with Crippen molar-refractivity contribution in [3.63, 3.8) is 0 Å². The molecule has 0 saturated heterocycles. The van der Waals surface area contributed by atoms with Crippen LogP contribution in [0.2, 0.25) is 0 Å². The summed E-state index contributed by atoms with van der Waals surface area (Å²) >= 11 is 0. The van der Waals surface area contributed by atoms with Crippen molar-refractivity contribution in [2.24, 2.45) is 61.6 Å². The predicted octanol–water partition coefficient (Wildman–Crippen LogP) is 23.0. The first-order chi connectivity index (χ1) is 56.2. The first-order valence-electron chi connectivity index (χ1n) is 37.2. The minimum absolute atomic E-state index is 0.167. The van der Waals surface area contributed by atoms with E-state index < -0.39 is 35.4 Å². The molecule has 2 saturated carbocycles. The van der Waals surface area contributed by atoms with Gasteiger partial charge in [-0.3, -0.25) is 28.8 Å². The Balaban J connectivity index is 0.000000363. The molecule has 2 aliphatic carbocycles. The number of aryl methyl sites for hydroxylation is 4. The molecule has 0 radical (unpaired) electrons. The van der Waals surface area contributed by atoms with Gasteiger partial charge in [0.2, 0.25) is 35.4 Å². The highest BCUT2D eigenvalue weighted by molar-refractivity contribution is 6.00. The molecule has 0 heterocycles. The standard InChI is InChI=1S/C15H18N4O2.C14H16N4O2.C14H18N4O2.2C13H16N4O2.C12H14N4O2/c1-3-10(2)18-21-9-14-12(11-7-8-11)5-4-6-13(14)15(20)17-19-16;1-9(2)17-20-8-13-11(10-6-7-10)4-3-5-12(13)14(19)16-18-15;1-4-10(3)17-20-9-13-11(5-2)7-6-8-12(13)14(19)16-18-15;1-4-10(3)16-19-8-12-9(2)6-5-7-11(12)13(18)15-17-14;1-4-10-6-5-7-11(13(18)15-17-14)12(10)8-19-16-9(2)3;1-8(2)15-18-7-11-9(3)5-4-6-10(11)12(17)14-16-13/h4-6,11H,3,7-9H2,1-2H3;3-5,10H,6-8H2,1-2H3;6-8H,4-5,9H2,1-3H3;2*5-7H,4,8H2,1-3H3;4-6H,7H2,1-3H3. The maximum atomic E-state index is 11.9. The second-order valence-electron chi connectivity index (χ2n) is 26.4. The van der Waals surface area contributed by atoms with Crippen molar-refractivity contribution in [2.45, 2.75) is 220 Å². The molecule has 36 heteroatoms. The van der Waals surface area contributed by atoms with Crippen LogP contribution < -0.4 is 0 Å². The summed E-state index contributed by atoms with van der Waals surface area (Å²) in [5.41, 5.74) is 67.7. The monoisotopic (exact) mass is 1600 g/mol. The average Bonchev–Trinajstić information content (AvgIpc) is 1.69. The van der Waals surface area contributed by atoms with Gasteiger partial charge in [0.1, 0.15) is 39.6 Å². The third kappa shape index (κ3) is 34.5. The van der Waals surface area contributed by atoms with E-state index in [0.717, 1.165) is 142 Å². The van der Waals surface area contributed by atoms with E-state index in [9.17, 15) is 28.8 Å². The van der Waals surface area contributed by atoms with Crippen LogP contribution in [-0.4, -0.2) is 69.7 Å². The highest BCUT2D eigenvalue weighted by Crippen LogP contribution is 2.44. The molecule has 117 heavy (non-hydrogen) atoms. The molecule has 6 aromatic rings. The van der Waals surface area contributed by atoms with Gasteiger partial charge in [0, 0.05) is 96.2 Å². The number of hydrogen-bond acceptors (Lipinski definition) is 18. The van der Waals surface area contributed by atoms with Crippen LogP contribution >= 0.6 is 0 Å². The molecule has 36 nitrogen and oxygen atoms in total. The summed E-state index contributed by atoms with van der Waals surface area (Å²) in [7, 11) is 0. The summed E-state index contributed by atoms with van der Waals surface area (Å²) in [6.07, 6.45) is 8.39. The van der Waals surface area contributed by atoms with E-state index in [1.807, 2.05) is 159 Å². The minimum Gasteiger partial charge on any atom is -0.391 e. The Morgan fingerprint density at radius 3 is 0.752 bits per heavy atom. The molecule has 0 N–H and O–H groups in total. The van der Waals surface area contributed by atoms with Crippen LogP contribution in [0.5, 0.6) is 0 Å². The number of nitrogens with zero attached hydrogens (tertiary/aromatic N) is 24. The number of hydrogen-bond donors (Lipinski definition) is 0. The van der Waals surface area contributed by atoms with Crippen LogP contribution in [0.25, 0.3) is 62.7 Å². The molecule has 0 aliphatic heterocycles. The lowest BCUT2D eigenvalue weighted by atomic mass is 9.98. The Morgan fingerprint density at radius 2 is 0.521 bits per heavy atom. The van der Waals surface area contributed by atoms with Gasteiger partial charge in [0.05, 0.1) is 34.3 Å². The fourth-order valence-corrected chi connectivity index (χ4v) is 10.4. The Morgan fingerprint density at radius 1 is 0.308 bits per heavy atom. The van der Waals surface area contributed by atoms with Crippen LogP contribution in [0.4, 0.5) is 0 Å². The van der Waals surface area contributed by atoms with E-state index in [-0.39, 0.29) is 39.6 Å². The Labute approximate surface area is 678 Å². The maximum Gasteiger partial charge on any atom is 0.249 e. The second-order valence-corrected chi connectivity index (χ2v) is 26.4. The molecule has 0 spiro atoms. The fourth-order valence-electron chi connectivity index (χ4n) is 10.4. The van der Waals surface area contributed by atoms with E-state index in [1.54, 1.807) is 60.7 Å². The summed E-state index contributed by atoms with van der Waals surface area (Å²) in [5, 5.41) is 42.3.